The number of carbonyl (C=O) groups is 2. The van der Waals surface area contributed by atoms with E-state index in [1.165, 1.54) is 6.20 Å². The molecule has 42 heavy (non-hydrogen) atoms. The van der Waals surface area contributed by atoms with Crippen LogP contribution in [0.25, 0.3) is 16.6 Å². The van der Waals surface area contributed by atoms with Gasteiger partial charge in [0.25, 0.3) is 0 Å². The summed E-state index contributed by atoms with van der Waals surface area (Å²) in [4.78, 5) is 42.3. The third-order valence-corrected chi connectivity index (χ3v) is 8.51. The van der Waals surface area contributed by atoms with E-state index in [0.29, 0.717) is 53.0 Å². The predicted molar refractivity (Wildman–Crippen MR) is 149 cm³/mol. The number of nitrogens with zero attached hydrogens (tertiary/aromatic N) is 5. The molecule has 4 aromatic rings. The van der Waals surface area contributed by atoms with Crippen LogP contribution in [0.15, 0.2) is 59.8 Å². The van der Waals surface area contributed by atoms with Crippen LogP contribution >= 0.6 is 11.6 Å². The van der Waals surface area contributed by atoms with Gasteiger partial charge in [-0.1, -0.05) is 29.8 Å². The monoisotopic (exact) mass is 600 g/mol. The van der Waals surface area contributed by atoms with Crippen molar-refractivity contribution in [2.75, 3.05) is 19.6 Å². The Hall–Kier alpha value is -4.06. The minimum atomic E-state index is -4.60. The number of aromatic nitrogens is 4. The van der Waals surface area contributed by atoms with Crippen molar-refractivity contribution in [1.29, 1.82) is 0 Å². The molecule has 0 saturated carbocycles. The van der Waals surface area contributed by atoms with Gasteiger partial charge in [-0.2, -0.15) is 18.3 Å². The van der Waals surface area contributed by atoms with E-state index in [0.717, 1.165) is 10.6 Å². The molecule has 2 amide bonds. The number of hydrogen-bond acceptors (Lipinski definition) is 4. The van der Waals surface area contributed by atoms with E-state index < -0.39 is 24.5 Å². The number of hydrogen-bond donors (Lipinski definition) is 1. The Bertz CT molecular complexity index is 1690. The van der Waals surface area contributed by atoms with Crippen molar-refractivity contribution in [2.45, 2.75) is 44.4 Å². The maximum Gasteiger partial charge on any atom is 0.406 e. The third kappa shape index (κ3) is 5.42. The predicted octanol–water partition coefficient (Wildman–Crippen LogP) is 4.49. The number of alkyl halides is 3. The minimum Gasteiger partial charge on any atom is -0.343 e. The number of fused-ring (bicyclic) bond motifs is 3. The number of rotatable bonds is 5. The number of carbonyl (C=O) groups excluding carboxylic acids is 2. The van der Waals surface area contributed by atoms with Crippen molar-refractivity contribution in [3.05, 3.63) is 81.6 Å². The molecule has 0 spiro atoms. The maximum absolute atomic E-state index is 13.5. The zero-order valence-electron chi connectivity index (χ0n) is 22.5. The van der Waals surface area contributed by atoms with Crippen LogP contribution in [0.5, 0.6) is 0 Å². The number of halogens is 4. The lowest BCUT2D eigenvalue weighted by Crippen LogP contribution is -2.44. The summed E-state index contributed by atoms with van der Waals surface area (Å²) >= 11 is 6.40. The van der Waals surface area contributed by atoms with E-state index in [-0.39, 0.29) is 37.0 Å². The molecule has 2 aliphatic rings. The Balaban J connectivity index is 1.17. The molecule has 1 fully saturated rings. The standard InChI is InChI=1S/C29H28ClF3N6O3/c30-24-13-18-12-19(27(41)37(17-29(31,32)33)16-23(18)22-15-34-35-26(22)24)14-25(40)36-8-6-21(7-9-36)39-11-10-38(28(39)42)20-4-2-1-3-5-20/h1-5,10-11,13,15,19,21H,6-9,12,14,16-17H2,(H,34,35)/t19-/m0/s1. The van der Waals surface area contributed by atoms with Crippen LogP contribution in [0.2, 0.25) is 5.02 Å². The lowest BCUT2D eigenvalue weighted by Gasteiger charge is -2.33. The van der Waals surface area contributed by atoms with Gasteiger partial charge in [0.1, 0.15) is 6.54 Å². The van der Waals surface area contributed by atoms with Gasteiger partial charge >= 0.3 is 11.9 Å². The number of imidazole rings is 1. The van der Waals surface area contributed by atoms with Gasteiger partial charge in [-0.15, -0.1) is 0 Å². The maximum atomic E-state index is 13.5. The average molecular weight is 601 g/mol. The van der Waals surface area contributed by atoms with Gasteiger partial charge in [0.05, 0.1) is 28.3 Å². The molecule has 13 heteroatoms. The van der Waals surface area contributed by atoms with E-state index in [2.05, 4.69) is 10.2 Å². The normalized spacial score (nSPS) is 18.4. The van der Waals surface area contributed by atoms with Gasteiger partial charge in [-0.25, -0.2) is 4.79 Å². The smallest absolute Gasteiger partial charge is 0.343 e. The van der Waals surface area contributed by atoms with Gasteiger partial charge in [0.2, 0.25) is 11.8 Å². The molecule has 2 aromatic heterocycles. The topological polar surface area (TPSA) is 96.2 Å². The van der Waals surface area contributed by atoms with Crippen molar-refractivity contribution >= 4 is 34.3 Å². The fourth-order valence-corrected chi connectivity index (χ4v) is 6.40. The van der Waals surface area contributed by atoms with Gasteiger partial charge in [-0.05, 0) is 48.6 Å². The molecule has 2 aliphatic heterocycles. The molecule has 1 atom stereocenters. The summed E-state index contributed by atoms with van der Waals surface area (Å²) in [7, 11) is 0. The highest BCUT2D eigenvalue weighted by atomic mass is 35.5. The number of H-pyrrole nitrogens is 1. The van der Waals surface area contributed by atoms with Crippen LogP contribution in [0, 0.1) is 5.92 Å². The van der Waals surface area contributed by atoms with Crippen molar-refractivity contribution < 1.29 is 22.8 Å². The van der Waals surface area contributed by atoms with E-state index in [1.807, 2.05) is 30.3 Å². The highest BCUT2D eigenvalue weighted by molar-refractivity contribution is 6.35. The number of piperidine rings is 1. The zero-order valence-corrected chi connectivity index (χ0v) is 23.2. The number of aromatic amines is 1. The summed E-state index contributed by atoms with van der Waals surface area (Å²) in [5, 5.41) is 7.64. The molecule has 4 heterocycles. The lowest BCUT2D eigenvalue weighted by atomic mass is 9.92. The largest absolute Gasteiger partial charge is 0.406 e. The van der Waals surface area contributed by atoms with Crippen molar-refractivity contribution in [3.8, 4) is 5.69 Å². The number of para-hydroxylation sites is 1. The van der Waals surface area contributed by atoms with Crippen molar-refractivity contribution in [3.63, 3.8) is 0 Å². The van der Waals surface area contributed by atoms with Crippen molar-refractivity contribution in [1.82, 2.24) is 29.1 Å². The van der Waals surface area contributed by atoms with E-state index in [9.17, 15) is 27.6 Å². The van der Waals surface area contributed by atoms with Crippen molar-refractivity contribution in [2.24, 2.45) is 5.92 Å². The fourth-order valence-electron chi connectivity index (χ4n) is 6.13. The second kappa shape index (κ2) is 11.0. The van der Waals surface area contributed by atoms with Crippen LogP contribution in [0.4, 0.5) is 13.2 Å². The molecule has 220 valence electrons. The molecule has 9 nitrogen and oxygen atoms in total. The SMILES string of the molecule is O=C(C[C@@H]1Cc2cc(Cl)c3[nH]ncc3c2CN(CC(F)(F)F)C1=O)N1CCC(n2ccn(-c3ccccc3)c2=O)CC1. The van der Waals surface area contributed by atoms with Crippen LogP contribution in [-0.2, 0) is 22.6 Å². The Labute approximate surface area is 243 Å². The quantitative estimate of drug-likeness (QED) is 0.365. The highest BCUT2D eigenvalue weighted by Gasteiger charge is 2.39. The van der Waals surface area contributed by atoms with Crippen LogP contribution in [0.1, 0.15) is 36.4 Å². The molecule has 0 aliphatic carbocycles. The van der Waals surface area contributed by atoms with Gasteiger partial charge in [-0.3, -0.25) is 23.8 Å². The summed E-state index contributed by atoms with van der Waals surface area (Å²) < 4.78 is 43.7. The first-order valence-electron chi connectivity index (χ1n) is 13.7. The van der Waals surface area contributed by atoms with E-state index >= 15 is 0 Å². The number of benzene rings is 2. The summed E-state index contributed by atoms with van der Waals surface area (Å²) in [5.74, 6) is -1.98. The third-order valence-electron chi connectivity index (χ3n) is 8.21. The first-order chi connectivity index (χ1) is 20.1. The Morgan fingerprint density at radius 2 is 1.83 bits per heavy atom. The highest BCUT2D eigenvalue weighted by Crippen LogP contribution is 2.35. The average Bonchev–Trinajstić information content (AvgIpc) is 3.58. The Kier molecular flexibility index (Phi) is 7.34. The first-order valence-corrected chi connectivity index (χ1v) is 14.1. The Morgan fingerprint density at radius 3 is 2.55 bits per heavy atom. The summed E-state index contributed by atoms with van der Waals surface area (Å²) in [5.41, 5.74) is 2.27. The number of nitrogens with one attached hydrogen (secondary N) is 1. The molecule has 0 radical (unpaired) electrons. The van der Waals surface area contributed by atoms with E-state index in [1.54, 1.807) is 32.5 Å². The molecule has 6 rings (SSSR count). The van der Waals surface area contributed by atoms with Gasteiger partial charge in [0, 0.05) is 49.9 Å². The minimum absolute atomic E-state index is 0.0912. The number of likely N-dealkylation sites (tertiary alicyclic amines) is 1. The molecule has 0 bridgehead atoms. The second-order valence-electron chi connectivity index (χ2n) is 10.9. The molecule has 1 saturated heterocycles. The zero-order chi connectivity index (χ0) is 29.6. The van der Waals surface area contributed by atoms with E-state index in [4.69, 9.17) is 11.6 Å². The molecular formula is C29H28ClF3N6O3. The first kappa shape index (κ1) is 28.1. The Morgan fingerprint density at radius 1 is 1.10 bits per heavy atom. The molecule has 2 aromatic carbocycles. The summed E-state index contributed by atoms with van der Waals surface area (Å²) in [6, 6.07) is 10.8. The lowest BCUT2D eigenvalue weighted by molar-refractivity contribution is -0.165. The second-order valence-corrected chi connectivity index (χ2v) is 11.3. The summed E-state index contributed by atoms with van der Waals surface area (Å²) in [6.07, 6.45) is 1.32. The molecule has 0 unspecified atom stereocenters. The van der Waals surface area contributed by atoms with Crippen LogP contribution < -0.4 is 5.69 Å². The number of amides is 2. The molecule has 1 N–H and O–H groups in total. The van der Waals surface area contributed by atoms with Gasteiger partial charge in [0.15, 0.2) is 0 Å². The summed E-state index contributed by atoms with van der Waals surface area (Å²) in [6.45, 7) is -0.926. The van der Waals surface area contributed by atoms with Crippen LogP contribution in [-0.4, -0.2) is 66.8 Å². The van der Waals surface area contributed by atoms with Crippen LogP contribution in [0.3, 0.4) is 0 Å². The molecular weight excluding hydrogens is 573 g/mol. The van der Waals surface area contributed by atoms with Gasteiger partial charge < -0.3 is 9.80 Å². The fraction of sp³-hybridized carbons (Fsp3) is 0.379.